The molecule has 0 fully saturated rings. The molecule has 0 amide bonds. The maximum atomic E-state index is 12.0. The summed E-state index contributed by atoms with van der Waals surface area (Å²) in [5, 5.41) is 10.7. The molecular formula is C17H16N4O3. The minimum absolute atomic E-state index is 0.419. The summed E-state index contributed by atoms with van der Waals surface area (Å²) in [5.41, 5.74) is 1.08. The summed E-state index contributed by atoms with van der Waals surface area (Å²) in [6.45, 7) is 0. The Morgan fingerprint density at radius 2 is 1.92 bits per heavy atom. The lowest BCUT2D eigenvalue weighted by molar-refractivity contribution is 0.394. The number of aromatic amines is 1. The van der Waals surface area contributed by atoms with Gasteiger partial charge in [0, 0.05) is 17.2 Å². The third-order valence-electron chi connectivity index (χ3n) is 3.44. The molecule has 2 aromatic carbocycles. The second-order valence-electron chi connectivity index (χ2n) is 4.88. The molecule has 3 aromatic rings. The molecule has 3 rings (SSSR count). The average Bonchev–Trinajstić information content (AvgIpc) is 3.01. The minimum atomic E-state index is -0.419. The predicted molar refractivity (Wildman–Crippen MR) is 90.8 cm³/mol. The highest BCUT2D eigenvalue weighted by atomic mass is 16.5. The molecule has 24 heavy (non-hydrogen) atoms. The van der Waals surface area contributed by atoms with Crippen LogP contribution in [0.25, 0.3) is 11.4 Å². The first-order valence-corrected chi connectivity index (χ1v) is 7.22. The zero-order chi connectivity index (χ0) is 16.9. The van der Waals surface area contributed by atoms with Gasteiger partial charge >= 0.3 is 5.69 Å². The van der Waals surface area contributed by atoms with Crippen LogP contribution in [0.3, 0.4) is 0 Å². The van der Waals surface area contributed by atoms with Gasteiger partial charge in [-0.15, -0.1) is 0 Å². The maximum Gasteiger partial charge on any atom is 0.364 e. The highest BCUT2D eigenvalue weighted by molar-refractivity contribution is 5.84. The van der Waals surface area contributed by atoms with Gasteiger partial charge in [-0.25, -0.2) is 9.89 Å². The van der Waals surface area contributed by atoms with Crippen molar-refractivity contribution < 1.29 is 9.47 Å². The molecule has 0 atom stereocenters. The van der Waals surface area contributed by atoms with Gasteiger partial charge in [-0.05, 0) is 12.1 Å². The molecular weight excluding hydrogens is 308 g/mol. The maximum absolute atomic E-state index is 12.0. The van der Waals surface area contributed by atoms with Crippen molar-refractivity contribution in [3.8, 4) is 22.9 Å². The number of nitrogens with one attached hydrogen (secondary N) is 1. The van der Waals surface area contributed by atoms with Gasteiger partial charge in [-0.1, -0.05) is 30.3 Å². The van der Waals surface area contributed by atoms with Crippen LogP contribution >= 0.6 is 0 Å². The number of H-pyrrole nitrogens is 1. The second-order valence-corrected chi connectivity index (χ2v) is 4.88. The molecule has 122 valence electrons. The van der Waals surface area contributed by atoms with Crippen LogP contribution in [-0.4, -0.2) is 35.3 Å². The number of hydrogen-bond donors (Lipinski definition) is 1. The molecule has 0 aliphatic heterocycles. The van der Waals surface area contributed by atoms with Crippen LogP contribution in [0.4, 0.5) is 0 Å². The molecule has 0 saturated heterocycles. The van der Waals surface area contributed by atoms with E-state index in [1.807, 2.05) is 30.3 Å². The molecule has 0 unspecified atom stereocenters. The molecule has 0 aliphatic rings. The highest BCUT2D eigenvalue weighted by Crippen LogP contribution is 2.23. The van der Waals surface area contributed by atoms with Crippen LogP contribution in [0, 0.1) is 0 Å². The summed E-state index contributed by atoms with van der Waals surface area (Å²) in [6.07, 6.45) is 1.54. The number of rotatable bonds is 5. The fourth-order valence-electron chi connectivity index (χ4n) is 2.22. The summed E-state index contributed by atoms with van der Waals surface area (Å²) in [6, 6.07) is 14.7. The third-order valence-corrected chi connectivity index (χ3v) is 3.44. The predicted octanol–water partition coefficient (Wildman–Crippen LogP) is 2.14. The number of hydrogen-bond acceptors (Lipinski definition) is 5. The Kier molecular flexibility index (Phi) is 4.42. The highest BCUT2D eigenvalue weighted by Gasteiger charge is 2.09. The van der Waals surface area contributed by atoms with Gasteiger partial charge < -0.3 is 9.47 Å². The quantitative estimate of drug-likeness (QED) is 0.729. The van der Waals surface area contributed by atoms with E-state index in [4.69, 9.17) is 9.47 Å². The molecule has 7 heteroatoms. The van der Waals surface area contributed by atoms with Gasteiger partial charge in [0.05, 0.1) is 20.4 Å². The summed E-state index contributed by atoms with van der Waals surface area (Å²) < 4.78 is 11.7. The van der Waals surface area contributed by atoms with Crippen molar-refractivity contribution in [2.24, 2.45) is 5.10 Å². The molecule has 0 saturated carbocycles. The monoisotopic (exact) mass is 324 g/mol. The van der Waals surface area contributed by atoms with Gasteiger partial charge in [0.2, 0.25) is 0 Å². The van der Waals surface area contributed by atoms with Crippen LogP contribution in [0.1, 0.15) is 5.56 Å². The summed E-state index contributed by atoms with van der Waals surface area (Å²) in [7, 11) is 3.14. The Balaban J connectivity index is 1.99. The average molecular weight is 324 g/mol. The molecule has 0 radical (unpaired) electrons. The molecule has 0 spiro atoms. The molecule has 7 nitrogen and oxygen atoms in total. The van der Waals surface area contributed by atoms with Crippen LogP contribution in [-0.2, 0) is 0 Å². The van der Waals surface area contributed by atoms with Crippen molar-refractivity contribution in [1.82, 2.24) is 14.9 Å². The van der Waals surface area contributed by atoms with Crippen molar-refractivity contribution >= 4 is 6.21 Å². The van der Waals surface area contributed by atoms with Gasteiger partial charge in [0.15, 0.2) is 5.82 Å². The number of aromatic nitrogens is 3. The Bertz CT molecular complexity index is 913. The number of ether oxygens (including phenoxy) is 2. The van der Waals surface area contributed by atoms with Crippen LogP contribution < -0.4 is 15.2 Å². The number of benzene rings is 2. The van der Waals surface area contributed by atoms with E-state index in [1.165, 1.54) is 4.68 Å². The zero-order valence-corrected chi connectivity index (χ0v) is 13.3. The van der Waals surface area contributed by atoms with E-state index >= 15 is 0 Å². The van der Waals surface area contributed by atoms with Crippen molar-refractivity contribution in [3.63, 3.8) is 0 Å². The largest absolute Gasteiger partial charge is 0.497 e. The van der Waals surface area contributed by atoms with E-state index < -0.39 is 5.69 Å². The Hall–Kier alpha value is -3.35. The number of methoxy groups -OCH3 is 2. The SMILES string of the molecule is COc1ccc(/C=N/n2c(-c3ccccc3)n[nH]c2=O)c(OC)c1. The van der Waals surface area contributed by atoms with Crippen LogP contribution in [0.15, 0.2) is 58.4 Å². The molecule has 1 N–H and O–H groups in total. The normalized spacial score (nSPS) is 10.9. The lowest BCUT2D eigenvalue weighted by Crippen LogP contribution is -2.13. The van der Waals surface area contributed by atoms with E-state index in [2.05, 4.69) is 15.3 Å². The first kappa shape index (κ1) is 15.5. The van der Waals surface area contributed by atoms with Gasteiger partial charge in [-0.3, -0.25) is 0 Å². The van der Waals surface area contributed by atoms with Crippen molar-refractivity contribution in [2.45, 2.75) is 0 Å². The van der Waals surface area contributed by atoms with Gasteiger partial charge in [-0.2, -0.15) is 14.9 Å². The van der Waals surface area contributed by atoms with E-state index in [0.717, 1.165) is 5.56 Å². The van der Waals surface area contributed by atoms with E-state index in [9.17, 15) is 4.79 Å². The first-order chi connectivity index (χ1) is 11.7. The third kappa shape index (κ3) is 3.05. The molecule has 0 bridgehead atoms. The minimum Gasteiger partial charge on any atom is -0.497 e. The van der Waals surface area contributed by atoms with Crippen molar-refractivity contribution in [1.29, 1.82) is 0 Å². The van der Waals surface area contributed by atoms with Crippen molar-refractivity contribution in [3.05, 3.63) is 64.6 Å². The Morgan fingerprint density at radius 1 is 1.12 bits per heavy atom. The standard InChI is InChI=1S/C17H16N4O3/c1-23-14-9-8-13(15(10-14)24-2)11-18-21-16(19-20-17(21)22)12-6-4-3-5-7-12/h3-11H,1-2H3,(H,20,22)/b18-11+. The fourth-order valence-corrected chi connectivity index (χ4v) is 2.22. The first-order valence-electron chi connectivity index (χ1n) is 7.22. The summed E-state index contributed by atoms with van der Waals surface area (Å²) >= 11 is 0. The zero-order valence-electron chi connectivity index (χ0n) is 13.3. The van der Waals surface area contributed by atoms with E-state index in [-0.39, 0.29) is 0 Å². The van der Waals surface area contributed by atoms with Gasteiger partial charge in [0.25, 0.3) is 0 Å². The molecule has 1 aromatic heterocycles. The topological polar surface area (TPSA) is 81.5 Å². The fraction of sp³-hybridized carbons (Fsp3) is 0.118. The van der Waals surface area contributed by atoms with Crippen LogP contribution in [0.5, 0.6) is 11.5 Å². The van der Waals surface area contributed by atoms with Crippen LogP contribution in [0.2, 0.25) is 0 Å². The smallest absolute Gasteiger partial charge is 0.364 e. The number of nitrogens with zero attached hydrogens (tertiary/aromatic N) is 3. The van der Waals surface area contributed by atoms with Crippen molar-refractivity contribution in [2.75, 3.05) is 14.2 Å². The van der Waals surface area contributed by atoms with E-state index in [1.54, 1.807) is 38.6 Å². The summed E-state index contributed by atoms with van der Waals surface area (Å²) in [4.78, 5) is 12.0. The lowest BCUT2D eigenvalue weighted by Gasteiger charge is -2.07. The Labute approximate surface area is 138 Å². The van der Waals surface area contributed by atoms with Gasteiger partial charge in [0.1, 0.15) is 11.5 Å². The van der Waals surface area contributed by atoms with E-state index in [0.29, 0.717) is 22.9 Å². The Morgan fingerprint density at radius 3 is 2.62 bits per heavy atom. The molecule has 0 aliphatic carbocycles. The summed E-state index contributed by atoms with van der Waals surface area (Å²) in [5.74, 6) is 1.70. The lowest BCUT2D eigenvalue weighted by atomic mass is 10.2. The second kappa shape index (κ2) is 6.82. The molecule has 1 heterocycles.